The molecule has 2 unspecified atom stereocenters. The van der Waals surface area contributed by atoms with Crippen molar-refractivity contribution in [1.82, 2.24) is 4.90 Å². The van der Waals surface area contributed by atoms with Crippen LogP contribution in [0.5, 0.6) is 0 Å². The van der Waals surface area contributed by atoms with E-state index in [1.807, 2.05) is 0 Å². The summed E-state index contributed by atoms with van der Waals surface area (Å²) in [6.07, 6.45) is 3.12. The van der Waals surface area contributed by atoms with Crippen molar-refractivity contribution in [2.24, 2.45) is 11.1 Å². The van der Waals surface area contributed by atoms with E-state index < -0.39 is 0 Å². The molecule has 0 saturated carbocycles. The highest BCUT2D eigenvalue weighted by Crippen LogP contribution is 2.22. The molecular weight excluding hydrogens is 192 g/mol. The van der Waals surface area contributed by atoms with Crippen molar-refractivity contribution in [3.63, 3.8) is 0 Å². The van der Waals surface area contributed by atoms with Crippen molar-refractivity contribution in [3.05, 3.63) is 0 Å². The fourth-order valence-electron chi connectivity index (χ4n) is 2.58. The highest BCUT2D eigenvalue weighted by Gasteiger charge is 2.30. The molecule has 0 spiro atoms. The van der Waals surface area contributed by atoms with Gasteiger partial charge in [0.1, 0.15) is 0 Å². The van der Waals surface area contributed by atoms with E-state index in [2.05, 4.69) is 17.0 Å². The topological polar surface area (TPSA) is 45.1 Å². The molecule has 2 fully saturated rings. The summed E-state index contributed by atoms with van der Waals surface area (Å²) >= 11 is 0. The Labute approximate surface area is 90.9 Å². The van der Waals surface area contributed by atoms with Crippen LogP contribution in [-0.2, 0) is 4.74 Å². The lowest BCUT2D eigenvalue weighted by molar-refractivity contribution is 0.130. The zero-order valence-electron chi connectivity index (χ0n) is 9.35. The van der Waals surface area contributed by atoms with Gasteiger partial charge >= 0.3 is 0 Å². The Morgan fingerprint density at radius 3 is 3.07 bits per heavy atom. The second-order valence-corrected chi connectivity index (χ2v) is 4.46. The number of oxime groups is 1. The number of ether oxygens (including phenoxy) is 1. The van der Waals surface area contributed by atoms with Gasteiger partial charge in [0.25, 0.3) is 0 Å². The normalized spacial score (nSPS) is 36.2. The molecule has 86 valence electrons. The fourth-order valence-corrected chi connectivity index (χ4v) is 2.58. The predicted octanol–water partition coefficient (Wildman–Crippen LogP) is 1.34. The van der Waals surface area contributed by atoms with Gasteiger partial charge in [-0.05, 0) is 12.8 Å². The molecule has 2 saturated heterocycles. The molecule has 0 radical (unpaired) electrons. The van der Waals surface area contributed by atoms with Crippen molar-refractivity contribution in [2.75, 3.05) is 26.3 Å². The molecule has 2 rings (SSSR count). The minimum Gasteiger partial charge on any atom is -0.411 e. The Balaban J connectivity index is 1.94. The first-order valence-electron chi connectivity index (χ1n) is 5.87. The van der Waals surface area contributed by atoms with E-state index in [0.29, 0.717) is 12.0 Å². The zero-order chi connectivity index (χ0) is 10.7. The highest BCUT2D eigenvalue weighted by molar-refractivity contribution is 5.87. The lowest BCUT2D eigenvalue weighted by atomic mass is 9.92. The Hall–Kier alpha value is -0.610. The maximum absolute atomic E-state index is 8.89. The molecular formula is C11H20N2O2. The van der Waals surface area contributed by atoms with Crippen LogP contribution in [-0.4, -0.2) is 48.2 Å². The maximum atomic E-state index is 8.89. The number of nitrogens with zero attached hydrogens (tertiary/aromatic N) is 2. The summed E-state index contributed by atoms with van der Waals surface area (Å²) in [5.74, 6) is 0.435. The Morgan fingerprint density at radius 2 is 2.47 bits per heavy atom. The van der Waals surface area contributed by atoms with E-state index in [-0.39, 0.29) is 0 Å². The van der Waals surface area contributed by atoms with Gasteiger partial charge in [-0.3, -0.25) is 4.90 Å². The van der Waals surface area contributed by atoms with Gasteiger partial charge in [0.15, 0.2) is 0 Å². The van der Waals surface area contributed by atoms with Crippen LogP contribution in [0.15, 0.2) is 5.16 Å². The van der Waals surface area contributed by atoms with Gasteiger partial charge in [0, 0.05) is 38.1 Å². The summed E-state index contributed by atoms with van der Waals surface area (Å²) in [4.78, 5) is 2.50. The molecule has 4 heteroatoms. The van der Waals surface area contributed by atoms with Gasteiger partial charge in [0.05, 0.1) is 12.3 Å². The minimum absolute atomic E-state index is 0.435. The van der Waals surface area contributed by atoms with E-state index in [4.69, 9.17) is 9.94 Å². The summed E-state index contributed by atoms with van der Waals surface area (Å²) in [5.41, 5.74) is 0.979. The zero-order valence-corrected chi connectivity index (χ0v) is 9.35. The van der Waals surface area contributed by atoms with E-state index in [1.165, 1.54) is 0 Å². The van der Waals surface area contributed by atoms with Gasteiger partial charge in [0.2, 0.25) is 0 Å². The van der Waals surface area contributed by atoms with E-state index in [0.717, 1.165) is 51.3 Å². The third kappa shape index (κ3) is 2.32. The Bertz CT molecular complexity index is 237. The van der Waals surface area contributed by atoms with E-state index in [1.54, 1.807) is 0 Å². The van der Waals surface area contributed by atoms with Crippen molar-refractivity contribution in [1.29, 1.82) is 0 Å². The van der Waals surface area contributed by atoms with Crippen molar-refractivity contribution in [3.8, 4) is 0 Å². The SMILES string of the molecule is CCC1CN(C2CCOC2)CCC1=NO. The summed E-state index contributed by atoms with van der Waals surface area (Å²) in [7, 11) is 0. The van der Waals surface area contributed by atoms with E-state index in [9.17, 15) is 0 Å². The molecule has 0 aromatic rings. The van der Waals surface area contributed by atoms with Crippen LogP contribution < -0.4 is 0 Å². The number of rotatable bonds is 2. The molecule has 1 N–H and O–H groups in total. The molecule has 4 nitrogen and oxygen atoms in total. The monoisotopic (exact) mass is 212 g/mol. The second kappa shape index (κ2) is 4.94. The van der Waals surface area contributed by atoms with Crippen LogP contribution in [0.3, 0.4) is 0 Å². The summed E-state index contributed by atoms with van der Waals surface area (Å²) in [5, 5.41) is 12.3. The number of hydrogen-bond donors (Lipinski definition) is 1. The largest absolute Gasteiger partial charge is 0.411 e. The smallest absolute Gasteiger partial charge is 0.0627 e. The number of hydrogen-bond acceptors (Lipinski definition) is 4. The average molecular weight is 212 g/mol. The molecule has 2 heterocycles. The second-order valence-electron chi connectivity index (χ2n) is 4.46. The quantitative estimate of drug-likeness (QED) is 0.555. The fraction of sp³-hybridized carbons (Fsp3) is 0.909. The van der Waals surface area contributed by atoms with Crippen LogP contribution in [0.2, 0.25) is 0 Å². The third-order valence-electron chi connectivity index (χ3n) is 3.62. The van der Waals surface area contributed by atoms with Crippen LogP contribution in [0.4, 0.5) is 0 Å². The lowest BCUT2D eigenvalue weighted by Crippen LogP contribution is -2.46. The van der Waals surface area contributed by atoms with Gasteiger partial charge in [-0.15, -0.1) is 0 Å². The van der Waals surface area contributed by atoms with Crippen molar-refractivity contribution in [2.45, 2.75) is 32.2 Å². The van der Waals surface area contributed by atoms with Crippen LogP contribution in [0, 0.1) is 5.92 Å². The maximum Gasteiger partial charge on any atom is 0.0627 e. The highest BCUT2D eigenvalue weighted by atomic mass is 16.5. The lowest BCUT2D eigenvalue weighted by Gasteiger charge is -2.36. The average Bonchev–Trinajstić information content (AvgIpc) is 2.81. The standard InChI is InChI=1S/C11H20N2O2/c1-2-9-7-13(5-3-11(9)12-14)10-4-6-15-8-10/h9-10,14H,2-8H2,1H3. The molecule has 0 aromatic heterocycles. The number of piperidine rings is 1. The van der Waals surface area contributed by atoms with Crippen LogP contribution in [0.25, 0.3) is 0 Å². The first kappa shape index (κ1) is 10.9. The number of likely N-dealkylation sites (tertiary alicyclic amines) is 1. The van der Waals surface area contributed by atoms with Gasteiger partial charge in [-0.2, -0.15) is 0 Å². The van der Waals surface area contributed by atoms with Crippen molar-refractivity contribution >= 4 is 5.71 Å². The van der Waals surface area contributed by atoms with Crippen LogP contribution in [0.1, 0.15) is 26.2 Å². The molecule has 2 aliphatic rings. The predicted molar refractivity (Wildman–Crippen MR) is 58.4 cm³/mol. The van der Waals surface area contributed by atoms with E-state index >= 15 is 0 Å². The summed E-state index contributed by atoms with van der Waals surface area (Å²) in [6, 6.07) is 0.597. The molecule has 0 amide bonds. The van der Waals surface area contributed by atoms with Gasteiger partial charge in [-0.25, -0.2) is 0 Å². The van der Waals surface area contributed by atoms with Crippen LogP contribution >= 0.6 is 0 Å². The van der Waals surface area contributed by atoms with Gasteiger partial charge in [-0.1, -0.05) is 12.1 Å². The Morgan fingerprint density at radius 1 is 1.60 bits per heavy atom. The Kier molecular flexibility index (Phi) is 3.59. The van der Waals surface area contributed by atoms with Gasteiger partial charge < -0.3 is 9.94 Å². The minimum atomic E-state index is 0.435. The summed E-state index contributed by atoms with van der Waals surface area (Å²) in [6.45, 7) is 5.99. The summed E-state index contributed by atoms with van der Waals surface area (Å²) < 4.78 is 5.41. The molecule has 0 aromatic carbocycles. The molecule has 0 aliphatic carbocycles. The molecule has 15 heavy (non-hydrogen) atoms. The molecule has 0 bridgehead atoms. The molecule has 2 atom stereocenters. The first-order chi connectivity index (χ1) is 7.35. The van der Waals surface area contributed by atoms with Crippen molar-refractivity contribution < 1.29 is 9.94 Å². The third-order valence-corrected chi connectivity index (χ3v) is 3.62. The molecule has 2 aliphatic heterocycles. The first-order valence-corrected chi connectivity index (χ1v) is 5.87.